The molecule has 2 aromatic heterocycles. The fourth-order valence-electron chi connectivity index (χ4n) is 10.3. The summed E-state index contributed by atoms with van der Waals surface area (Å²) in [5, 5.41) is 14.9. The maximum absolute atomic E-state index is 14.2. The molecule has 0 unspecified atom stereocenters. The molecule has 316 valence electrons. The van der Waals surface area contributed by atoms with Gasteiger partial charge in [-0.2, -0.15) is 0 Å². The first-order chi connectivity index (χ1) is 30.7. The Hall–Kier alpha value is -7.40. The molecule has 4 amide bonds. The lowest BCUT2D eigenvalue weighted by molar-refractivity contribution is -0.136. The number of likely N-dealkylation sites (tertiary alicyclic amines) is 2. The van der Waals surface area contributed by atoms with Crippen molar-refractivity contribution in [2.75, 3.05) is 7.11 Å². The summed E-state index contributed by atoms with van der Waals surface area (Å²) in [6, 6.07) is 28.1. The predicted octanol–water partition coefficient (Wildman–Crippen LogP) is 6.88. The summed E-state index contributed by atoms with van der Waals surface area (Å²) in [5.41, 5.74) is 8.74. The van der Waals surface area contributed by atoms with Gasteiger partial charge in [-0.3, -0.25) is 9.59 Å². The minimum absolute atomic E-state index is 0.0751. The van der Waals surface area contributed by atoms with Gasteiger partial charge in [-0.1, -0.05) is 78.6 Å². The number of carbonyl (C=O) groups excluding carboxylic acids is 3. The molecule has 4 heterocycles. The number of aromatic nitrogens is 4. The zero-order chi connectivity index (χ0) is 42.9. The van der Waals surface area contributed by atoms with E-state index in [0.29, 0.717) is 28.8 Å². The molecular formula is C49H44N8O6. The van der Waals surface area contributed by atoms with Crippen LogP contribution in [0.2, 0.25) is 0 Å². The molecule has 5 aliphatic rings. The molecule has 0 radical (unpaired) electrons. The van der Waals surface area contributed by atoms with E-state index in [2.05, 4.69) is 44.6 Å². The van der Waals surface area contributed by atoms with Crippen LogP contribution in [0.25, 0.3) is 22.3 Å². The zero-order valence-corrected chi connectivity index (χ0v) is 34.4. The van der Waals surface area contributed by atoms with Crippen molar-refractivity contribution >= 4 is 35.0 Å². The Kier molecular flexibility index (Phi) is 9.29. The second-order valence-electron chi connectivity index (χ2n) is 17.3. The first-order valence-corrected chi connectivity index (χ1v) is 21.5. The van der Waals surface area contributed by atoms with Crippen molar-refractivity contribution < 1.29 is 29.0 Å². The lowest BCUT2D eigenvalue weighted by Crippen LogP contribution is -2.44. The van der Waals surface area contributed by atoms with Crippen LogP contribution < -0.4 is 10.6 Å². The number of methoxy groups -OCH3 is 1. The summed E-state index contributed by atoms with van der Waals surface area (Å²) < 4.78 is 4.88. The third kappa shape index (κ3) is 7.03. The summed E-state index contributed by atoms with van der Waals surface area (Å²) in [5.74, 6) is 8.48. The highest BCUT2D eigenvalue weighted by molar-refractivity contribution is 5.89. The number of ether oxygens (including phenoxy) is 1. The molecule has 2 aliphatic heterocycles. The number of aryl methyl sites for hydroxylation is 2. The summed E-state index contributed by atoms with van der Waals surface area (Å²) in [6.45, 7) is 0. The predicted molar refractivity (Wildman–Crippen MR) is 231 cm³/mol. The van der Waals surface area contributed by atoms with Gasteiger partial charge >= 0.3 is 12.2 Å². The average molecular weight is 841 g/mol. The number of carboxylic acid groups (broad SMARTS) is 1. The second kappa shape index (κ2) is 15.2. The molecule has 0 spiro atoms. The molecular weight excluding hydrogens is 797 g/mol. The number of nitrogens with one attached hydrogen (secondary N) is 4. The Bertz CT molecular complexity index is 2880. The number of aromatic amines is 2. The number of benzene rings is 4. The van der Waals surface area contributed by atoms with E-state index in [1.54, 1.807) is 24.3 Å². The van der Waals surface area contributed by atoms with Crippen molar-refractivity contribution in [3.05, 3.63) is 142 Å². The lowest BCUT2D eigenvalue weighted by atomic mass is 9.91. The van der Waals surface area contributed by atoms with Gasteiger partial charge in [-0.25, -0.2) is 19.6 Å². The van der Waals surface area contributed by atoms with E-state index < -0.39 is 24.3 Å². The van der Waals surface area contributed by atoms with Crippen molar-refractivity contribution in [1.29, 1.82) is 0 Å². The number of hydrogen-bond donors (Lipinski definition) is 5. The number of H-pyrrole nitrogens is 2. The molecule has 2 saturated carbocycles. The molecule has 14 nitrogen and oxygen atoms in total. The highest BCUT2D eigenvalue weighted by atomic mass is 16.5. The highest BCUT2D eigenvalue weighted by Crippen LogP contribution is 2.55. The summed E-state index contributed by atoms with van der Waals surface area (Å²) >= 11 is 0. The van der Waals surface area contributed by atoms with Crippen molar-refractivity contribution in [1.82, 2.24) is 40.4 Å². The van der Waals surface area contributed by atoms with Gasteiger partial charge in [0.15, 0.2) is 0 Å². The Labute approximate surface area is 362 Å². The molecule has 0 bridgehead atoms. The van der Waals surface area contributed by atoms with Crippen LogP contribution in [-0.2, 0) is 27.2 Å². The first-order valence-electron chi connectivity index (χ1n) is 21.5. The quantitative estimate of drug-likeness (QED) is 0.103. The summed E-state index contributed by atoms with van der Waals surface area (Å²) in [6.07, 6.45) is 3.10. The van der Waals surface area contributed by atoms with Crippen LogP contribution in [0.4, 0.5) is 9.59 Å². The maximum Gasteiger partial charge on any atom is 0.407 e. The fourth-order valence-corrected chi connectivity index (χ4v) is 10.3. The number of fused-ring (bicyclic) bond motifs is 6. The smallest absolute Gasteiger partial charge is 0.407 e. The van der Waals surface area contributed by atoms with Crippen molar-refractivity contribution in [2.24, 2.45) is 11.8 Å². The number of carbonyl (C=O) groups is 4. The first kappa shape index (κ1) is 38.5. The van der Waals surface area contributed by atoms with Gasteiger partial charge in [0.05, 0.1) is 35.9 Å². The van der Waals surface area contributed by atoms with Gasteiger partial charge in [0, 0.05) is 34.5 Å². The van der Waals surface area contributed by atoms with E-state index >= 15 is 0 Å². The molecule has 14 heteroatoms. The normalized spacial score (nSPS) is 23.3. The fraction of sp³-hybridized carbons (Fsp3) is 0.306. The average Bonchev–Trinajstić information content (AvgIpc) is 3.96. The number of nitrogens with zero attached hydrogens (tertiary/aromatic N) is 4. The highest BCUT2D eigenvalue weighted by Gasteiger charge is 2.57. The summed E-state index contributed by atoms with van der Waals surface area (Å²) in [4.78, 5) is 73.4. The monoisotopic (exact) mass is 840 g/mol. The van der Waals surface area contributed by atoms with E-state index in [1.165, 1.54) is 7.11 Å². The maximum atomic E-state index is 14.2. The third-order valence-electron chi connectivity index (χ3n) is 13.5. The van der Waals surface area contributed by atoms with Gasteiger partial charge in [-0.05, 0) is 97.4 Å². The van der Waals surface area contributed by atoms with Crippen LogP contribution in [0, 0.1) is 23.7 Å². The van der Waals surface area contributed by atoms with Crippen LogP contribution in [0.3, 0.4) is 0 Å². The van der Waals surface area contributed by atoms with E-state index in [1.807, 2.05) is 70.5 Å². The molecule has 63 heavy (non-hydrogen) atoms. The molecule has 2 saturated heterocycles. The summed E-state index contributed by atoms with van der Waals surface area (Å²) in [7, 11) is 1.29. The Balaban J connectivity index is 0.811. The van der Waals surface area contributed by atoms with Crippen molar-refractivity contribution in [3.63, 3.8) is 0 Å². The van der Waals surface area contributed by atoms with E-state index in [-0.39, 0.29) is 36.0 Å². The zero-order valence-electron chi connectivity index (χ0n) is 34.4. The SMILES string of the molecule is COC(=O)N[C@@H](C(=O)N1[C@@H]2C[C@H]2C[C@H]1c1nc2ccc(C#Cc3ccc4c(c3)CCc3[nH]c([C@@H]5C[C@H]6C[C@H]6N5C(=O)[C@H](NC(=O)O)c5ccccc5)nc3-4)cc2[nH]1)c1ccccc1. The van der Waals surface area contributed by atoms with Crippen LogP contribution in [0.15, 0.2) is 97.1 Å². The van der Waals surface area contributed by atoms with E-state index in [0.717, 1.165) is 89.0 Å². The Morgan fingerprint density at radius 2 is 1.30 bits per heavy atom. The van der Waals surface area contributed by atoms with Crippen molar-refractivity contribution in [2.45, 2.75) is 74.8 Å². The van der Waals surface area contributed by atoms with Gasteiger partial charge < -0.3 is 40.2 Å². The van der Waals surface area contributed by atoms with Gasteiger partial charge in [0.1, 0.15) is 23.7 Å². The number of rotatable bonds is 8. The van der Waals surface area contributed by atoms with Crippen LogP contribution in [-0.4, -0.2) is 78.0 Å². The minimum Gasteiger partial charge on any atom is -0.465 e. The van der Waals surface area contributed by atoms with Gasteiger partial charge in [0.25, 0.3) is 11.8 Å². The topological polar surface area (TPSA) is 186 Å². The molecule has 6 aromatic rings. The number of alkyl carbamates (subject to hydrolysis) is 1. The molecule has 3 aliphatic carbocycles. The standard InChI is InChI=1S/C49H44N8O6/c1-63-49(62)55-42(29-10-6-3-7-11-29)47(59)56-37-22-31(37)24-39(56)44-50-34-18-15-27(21-36(34)52-44)13-12-26-14-17-33-30(20-26)16-19-35-43(33)53-45(51-35)40-25-32-23-38(32)57(40)46(58)41(54-48(60)61)28-8-4-2-5-9-28/h2-11,14-15,17-18,20-21,31-32,37-42,54H,16,19,22-25H2,1H3,(H,50,52)(H,51,53)(H,55,62)(H,60,61)/t31-,32+,37+,38+,39-,40-,41+,42+/m0/s1. The molecule has 4 fully saturated rings. The Morgan fingerprint density at radius 3 is 1.92 bits per heavy atom. The molecule has 11 rings (SSSR count). The van der Waals surface area contributed by atoms with Crippen LogP contribution in [0.5, 0.6) is 0 Å². The molecule has 4 aromatic carbocycles. The van der Waals surface area contributed by atoms with Gasteiger partial charge in [-0.15, -0.1) is 0 Å². The van der Waals surface area contributed by atoms with Gasteiger partial charge in [0.2, 0.25) is 0 Å². The van der Waals surface area contributed by atoms with Crippen LogP contribution in [0.1, 0.15) is 95.0 Å². The number of imidazole rings is 2. The van der Waals surface area contributed by atoms with E-state index in [4.69, 9.17) is 14.7 Å². The number of piperidine rings is 2. The largest absolute Gasteiger partial charge is 0.465 e. The Morgan fingerprint density at radius 1 is 0.714 bits per heavy atom. The number of amides is 4. The number of hydrogen-bond acceptors (Lipinski definition) is 7. The lowest BCUT2D eigenvalue weighted by Gasteiger charge is -2.30. The minimum atomic E-state index is -1.24. The second-order valence-corrected chi connectivity index (χ2v) is 17.3. The van der Waals surface area contributed by atoms with Crippen LogP contribution >= 0.6 is 0 Å². The van der Waals surface area contributed by atoms with E-state index in [9.17, 15) is 24.3 Å². The molecule has 5 N–H and O–H groups in total. The van der Waals surface area contributed by atoms with Crippen molar-refractivity contribution in [3.8, 4) is 23.1 Å². The third-order valence-corrected chi connectivity index (χ3v) is 13.5. The molecule has 8 atom stereocenters.